The zero-order valence-electron chi connectivity index (χ0n) is 12.8. The van der Waals surface area contributed by atoms with Gasteiger partial charge in [-0.25, -0.2) is 0 Å². The number of benzene rings is 1. The number of anilines is 1. The van der Waals surface area contributed by atoms with Crippen LogP contribution in [0.5, 0.6) is 0 Å². The molecule has 0 spiro atoms. The maximum atomic E-state index is 12.3. The van der Waals surface area contributed by atoms with E-state index in [-0.39, 0.29) is 11.7 Å². The van der Waals surface area contributed by atoms with Gasteiger partial charge in [0.15, 0.2) is 5.78 Å². The van der Waals surface area contributed by atoms with Crippen LogP contribution in [0.4, 0.5) is 5.69 Å². The van der Waals surface area contributed by atoms with Gasteiger partial charge in [-0.2, -0.15) is 0 Å². The van der Waals surface area contributed by atoms with E-state index in [1.54, 1.807) is 12.3 Å². The van der Waals surface area contributed by atoms with Gasteiger partial charge >= 0.3 is 0 Å². The molecule has 2 rings (SSSR count). The maximum Gasteiger partial charge on any atom is 0.272 e. The summed E-state index contributed by atoms with van der Waals surface area (Å²) in [5.41, 5.74) is 3.86. The molecule has 4 nitrogen and oxygen atoms in total. The number of carbonyl (C=O) groups is 2. The van der Waals surface area contributed by atoms with E-state index in [4.69, 9.17) is 0 Å². The third kappa shape index (κ3) is 3.21. The molecular formula is C17H20N2O2. The molecule has 2 aromatic rings. The number of para-hydroxylation sites is 1. The van der Waals surface area contributed by atoms with Gasteiger partial charge in [-0.15, -0.1) is 0 Å². The van der Waals surface area contributed by atoms with Crippen LogP contribution in [0.15, 0.2) is 30.5 Å². The lowest BCUT2D eigenvalue weighted by Gasteiger charge is -2.16. The van der Waals surface area contributed by atoms with Crippen LogP contribution < -0.4 is 5.32 Å². The average Bonchev–Trinajstić information content (AvgIpc) is 2.90. The largest absolute Gasteiger partial charge is 0.356 e. The van der Waals surface area contributed by atoms with Gasteiger partial charge in [0.25, 0.3) is 5.91 Å². The molecule has 0 radical (unpaired) electrons. The molecule has 1 heterocycles. The van der Waals surface area contributed by atoms with Crippen molar-refractivity contribution < 1.29 is 9.59 Å². The van der Waals surface area contributed by atoms with Crippen molar-refractivity contribution in [1.82, 2.24) is 4.98 Å². The Hall–Kier alpha value is -2.36. The minimum atomic E-state index is -0.237. The number of carbonyl (C=O) groups excluding carboxylic acids is 2. The number of aryl methyl sites for hydroxylation is 1. The molecule has 0 fully saturated rings. The van der Waals surface area contributed by atoms with Gasteiger partial charge < -0.3 is 10.3 Å². The minimum Gasteiger partial charge on any atom is -0.356 e. The summed E-state index contributed by atoms with van der Waals surface area (Å²) < 4.78 is 0. The third-order valence-corrected chi connectivity index (χ3v) is 3.50. The minimum absolute atomic E-state index is 0.0657. The Kier molecular flexibility index (Phi) is 4.26. The summed E-state index contributed by atoms with van der Waals surface area (Å²) >= 11 is 0. The molecule has 0 bridgehead atoms. The van der Waals surface area contributed by atoms with Crippen LogP contribution in [-0.4, -0.2) is 16.7 Å². The van der Waals surface area contributed by atoms with E-state index in [0.717, 1.165) is 16.8 Å². The quantitative estimate of drug-likeness (QED) is 0.836. The van der Waals surface area contributed by atoms with E-state index in [0.29, 0.717) is 17.2 Å². The molecule has 0 atom stereocenters. The standard InChI is InChI=1S/C17H20N2O2/c1-10(2)14-7-5-6-11(3)16(14)19-17(21)15-8-13(9-18-15)12(4)20/h5-10,18H,1-4H3,(H,19,21). The molecule has 1 aromatic carbocycles. The molecule has 0 aliphatic rings. The Morgan fingerprint density at radius 2 is 1.95 bits per heavy atom. The van der Waals surface area contributed by atoms with Gasteiger partial charge in [0.2, 0.25) is 0 Å². The first-order valence-corrected chi connectivity index (χ1v) is 7.00. The Morgan fingerprint density at radius 1 is 1.24 bits per heavy atom. The zero-order valence-corrected chi connectivity index (χ0v) is 12.8. The fourth-order valence-corrected chi connectivity index (χ4v) is 2.25. The van der Waals surface area contributed by atoms with Crippen LogP contribution in [-0.2, 0) is 0 Å². The maximum absolute atomic E-state index is 12.3. The molecule has 21 heavy (non-hydrogen) atoms. The number of rotatable bonds is 4. The second-order valence-electron chi connectivity index (χ2n) is 5.51. The van der Waals surface area contributed by atoms with Crippen molar-refractivity contribution in [3.05, 3.63) is 52.8 Å². The van der Waals surface area contributed by atoms with Crippen LogP contribution in [0.1, 0.15) is 58.7 Å². The normalized spacial score (nSPS) is 10.7. The second-order valence-corrected chi connectivity index (χ2v) is 5.51. The van der Waals surface area contributed by atoms with Crippen molar-refractivity contribution in [2.24, 2.45) is 0 Å². The molecule has 0 saturated heterocycles. The first kappa shape index (κ1) is 15.0. The SMILES string of the molecule is CC(=O)c1c[nH]c(C(=O)Nc2c(C)cccc2C(C)C)c1. The Morgan fingerprint density at radius 3 is 2.52 bits per heavy atom. The van der Waals surface area contributed by atoms with Crippen molar-refractivity contribution in [2.45, 2.75) is 33.6 Å². The number of aromatic nitrogens is 1. The van der Waals surface area contributed by atoms with Gasteiger partial charge in [-0.1, -0.05) is 32.0 Å². The van der Waals surface area contributed by atoms with Gasteiger partial charge in [-0.05, 0) is 37.0 Å². The molecule has 0 aliphatic carbocycles. The van der Waals surface area contributed by atoms with Gasteiger partial charge in [0.05, 0.1) is 0 Å². The summed E-state index contributed by atoms with van der Waals surface area (Å²) in [6.45, 7) is 7.63. The van der Waals surface area contributed by atoms with Gasteiger partial charge in [0, 0.05) is 17.4 Å². The highest BCUT2D eigenvalue weighted by Crippen LogP contribution is 2.27. The first-order chi connectivity index (χ1) is 9.90. The van der Waals surface area contributed by atoms with Gasteiger partial charge in [-0.3, -0.25) is 9.59 Å². The lowest BCUT2D eigenvalue weighted by molar-refractivity contribution is 0.101. The number of ketones is 1. The number of Topliss-reactive ketones (excluding diaryl/α,β-unsaturated/α-hetero) is 1. The smallest absolute Gasteiger partial charge is 0.272 e. The Labute approximate surface area is 124 Å². The average molecular weight is 284 g/mol. The summed E-state index contributed by atoms with van der Waals surface area (Å²) in [6, 6.07) is 7.55. The summed E-state index contributed by atoms with van der Waals surface area (Å²) in [5.74, 6) is 0.0133. The fraction of sp³-hybridized carbons (Fsp3) is 0.294. The second kappa shape index (κ2) is 5.95. The van der Waals surface area contributed by atoms with Crippen LogP contribution in [0, 0.1) is 6.92 Å². The summed E-state index contributed by atoms with van der Waals surface area (Å²) in [7, 11) is 0. The molecule has 1 aromatic heterocycles. The predicted octanol–water partition coefficient (Wildman–Crippen LogP) is 3.90. The van der Waals surface area contributed by atoms with E-state index in [1.807, 2.05) is 25.1 Å². The molecule has 0 saturated carbocycles. The van der Waals surface area contributed by atoms with Crippen LogP contribution in [0.2, 0.25) is 0 Å². The van der Waals surface area contributed by atoms with Crippen LogP contribution >= 0.6 is 0 Å². The number of hydrogen-bond acceptors (Lipinski definition) is 2. The number of H-pyrrole nitrogens is 1. The van der Waals surface area contributed by atoms with E-state index in [9.17, 15) is 9.59 Å². The highest BCUT2D eigenvalue weighted by molar-refractivity contribution is 6.06. The van der Waals surface area contributed by atoms with E-state index < -0.39 is 0 Å². The monoisotopic (exact) mass is 284 g/mol. The molecular weight excluding hydrogens is 264 g/mol. The van der Waals surface area contributed by atoms with Gasteiger partial charge in [0.1, 0.15) is 5.69 Å². The van der Waals surface area contributed by atoms with Crippen LogP contribution in [0.3, 0.4) is 0 Å². The molecule has 110 valence electrons. The van der Waals surface area contributed by atoms with Crippen molar-refractivity contribution in [3.8, 4) is 0 Å². The lowest BCUT2D eigenvalue weighted by atomic mass is 9.98. The van der Waals surface area contributed by atoms with Crippen molar-refractivity contribution in [1.29, 1.82) is 0 Å². The van der Waals surface area contributed by atoms with E-state index in [2.05, 4.69) is 24.1 Å². The van der Waals surface area contributed by atoms with Crippen molar-refractivity contribution >= 4 is 17.4 Å². The highest BCUT2D eigenvalue weighted by Gasteiger charge is 2.15. The van der Waals surface area contributed by atoms with E-state index in [1.165, 1.54) is 6.92 Å². The molecule has 0 unspecified atom stereocenters. The first-order valence-electron chi connectivity index (χ1n) is 7.00. The molecule has 0 aliphatic heterocycles. The van der Waals surface area contributed by atoms with Crippen molar-refractivity contribution in [3.63, 3.8) is 0 Å². The predicted molar refractivity (Wildman–Crippen MR) is 84.0 cm³/mol. The number of aromatic amines is 1. The number of hydrogen-bond donors (Lipinski definition) is 2. The third-order valence-electron chi connectivity index (χ3n) is 3.50. The number of nitrogens with one attached hydrogen (secondary N) is 2. The molecule has 1 amide bonds. The summed E-state index contributed by atoms with van der Waals surface area (Å²) in [4.78, 5) is 26.5. The van der Waals surface area contributed by atoms with Crippen LogP contribution in [0.25, 0.3) is 0 Å². The van der Waals surface area contributed by atoms with Crippen molar-refractivity contribution in [2.75, 3.05) is 5.32 Å². The zero-order chi connectivity index (χ0) is 15.6. The molecule has 4 heteroatoms. The molecule has 2 N–H and O–H groups in total. The Bertz CT molecular complexity index is 684. The number of amides is 1. The summed E-state index contributed by atoms with van der Waals surface area (Å²) in [6.07, 6.45) is 1.55. The lowest BCUT2D eigenvalue weighted by Crippen LogP contribution is -2.15. The van der Waals surface area contributed by atoms with E-state index >= 15 is 0 Å². The Balaban J connectivity index is 2.29. The topological polar surface area (TPSA) is 62.0 Å². The summed E-state index contributed by atoms with van der Waals surface area (Å²) in [5, 5.41) is 2.95. The highest BCUT2D eigenvalue weighted by atomic mass is 16.2. The fourth-order valence-electron chi connectivity index (χ4n) is 2.25.